The van der Waals surface area contributed by atoms with E-state index in [9.17, 15) is 0 Å². The molecule has 6 heteroatoms. The van der Waals surface area contributed by atoms with Crippen molar-refractivity contribution in [2.75, 3.05) is 24.6 Å². The summed E-state index contributed by atoms with van der Waals surface area (Å²) < 4.78 is 5.85. The van der Waals surface area contributed by atoms with E-state index in [0.717, 1.165) is 30.3 Å². The molecular weight excluding hydrogens is 309 g/mol. The Balaban J connectivity index is 1.80. The van der Waals surface area contributed by atoms with Gasteiger partial charge in [-0.25, -0.2) is 9.97 Å². The van der Waals surface area contributed by atoms with Crippen LogP contribution in [0.15, 0.2) is 30.5 Å². The van der Waals surface area contributed by atoms with E-state index in [1.54, 1.807) is 12.3 Å². The lowest BCUT2D eigenvalue weighted by Gasteiger charge is -2.34. The number of benzene rings is 1. The smallest absolute Gasteiger partial charge is 0.132 e. The van der Waals surface area contributed by atoms with Crippen molar-refractivity contribution >= 4 is 29.0 Å². The Labute approximate surface area is 133 Å². The van der Waals surface area contributed by atoms with E-state index in [4.69, 9.17) is 27.9 Å². The number of morpholine rings is 1. The first kappa shape index (κ1) is 14.6. The van der Waals surface area contributed by atoms with Gasteiger partial charge in [-0.3, -0.25) is 0 Å². The molecular formula is C15H15Cl2N3O. The molecule has 1 saturated heterocycles. The van der Waals surface area contributed by atoms with Crippen molar-refractivity contribution in [3.63, 3.8) is 0 Å². The van der Waals surface area contributed by atoms with Crippen LogP contribution >= 0.6 is 23.2 Å². The molecule has 0 amide bonds. The second-order valence-corrected chi connectivity index (χ2v) is 5.76. The van der Waals surface area contributed by atoms with Crippen molar-refractivity contribution in [1.82, 2.24) is 9.97 Å². The van der Waals surface area contributed by atoms with Crippen LogP contribution in [0.2, 0.25) is 10.0 Å². The number of aryl methyl sites for hydroxylation is 1. The van der Waals surface area contributed by atoms with Crippen LogP contribution in [-0.4, -0.2) is 29.7 Å². The van der Waals surface area contributed by atoms with E-state index < -0.39 is 0 Å². The van der Waals surface area contributed by atoms with Gasteiger partial charge in [0.2, 0.25) is 0 Å². The Hall–Kier alpha value is -1.36. The molecule has 0 bridgehead atoms. The lowest BCUT2D eigenvalue weighted by molar-refractivity contribution is 0.0395. The Morgan fingerprint density at radius 2 is 2.10 bits per heavy atom. The average molecular weight is 324 g/mol. The summed E-state index contributed by atoms with van der Waals surface area (Å²) in [5, 5.41) is 1.10. The Kier molecular flexibility index (Phi) is 4.29. The minimum Gasteiger partial charge on any atom is -0.370 e. The third kappa shape index (κ3) is 3.28. The molecule has 3 rings (SSSR count). The quantitative estimate of drug-likeness (QED) is 0.845. The number of ether oxygens (including phenoxy) is 1. The summed E-state index contributed by atoms with van der Waals surface area (Å²) in [4.78, 5) is 10.8. The number of halogens is 2. The van der Waals surface area contributed by atoms with Gasteiger partial charge in [0.15, 0.2) is 0 Å². The maximum atomic E-state index is 6.09. The highest BCUT2D eigenvalue weighted by molar-refractivity contribution is 6.42. The Bertz CT molecular complexity index is 651. The second-order valence-electron chi connectivity index (χ2n) is 4.94. The number of nitrogens with zero attached hydrogens (tertiary/aromatic N) is 3. The van der Waals surface area contributed by atoms with E-state index >= 15 is 0 Å². The van der Waals surface area contributed by atoms with Gasteiger partial charge < -0.3 is 9.64 Å². The first-order chi connectivity index (χ1) is 10.1. The minimum absolute atomic E-state index is 0.0382. The molecule has 0 N–H and O–H groups in total. The molecule has 21 heavy (non-hydrogen) atoms. The molecule has 0 radical (unpaired) electrons. The number of anilines is 1. The van der Waals surface area contributed by atoms with Gasteiger partial charge in [0, 0.05) is 19.3 Å². The zero-order valence-electron chi connectivity index (χ0n) is 11.6. The maximum absolute atomic E-state index is 6.09. The van der Waals surface area contributed by atoms with E-state index in [2.05, 4.69) is 14.9 Å². The maximum Gasteiger partial charge on any atom is 0.132 e. The van der Waals surface area contributed by atoms with Gasteiger partial charge in [-0.1, -0.05) is 29.3 Å². The van der Waals surface area contributed by atoms with Crippen LogP contribution in [0.4, 0.5) is 5.82 Å². The lowest BCUT2D eigenvalue weighted by atomic mass is 10.1. The summed E-state index contributed by atoms with van der Waals surface area (Å²) in [6, 6.07) is 7.54. The van der Waals surface area contributed by atoms with Crippen LogP contribution < -0.4 is 4.90 Å². The van der Waals surface area contributed by atoms with Crippen LogP contribution in [-0.2, 0) is 4.74 Å². The summed E-state index contributed by atoms with van der Waals surface area (Å²) in [7, 11) is 0. The van der Waals surface area contributed by atoms with Crippen LogP contribution in [0.5, 0.6) is 0 Å². The zero-order chi connectivity index (χ0) is 14.8. The molecule has 1 aliphatic rings. The summed E-state index contributed by atoms with van der Waals surface area (Å²) in [6.45, 7) is 4.08. The zero-order valence-corrected chi connectivity index (χ0v) is 13.1. The highest BCUT2D eigenvalue weighted by Gasteiger charge is 2.23. The molecule has 2 aromatic rings. The predicted octanol–water partition coefficient (Wildman–Crippen LogP) is 3.67. The molecule has 2 heterocycles. The van der Waals surface area contributed by atoms with Gasteiger partial charge in [0.1, 0.15) is 17.7 Å². The van der Waals surface area contributed by atoms with E-state index in [0.29, 0.717) is 16.7 Å². The second kappa shape index (κ2) is 6.18. The third-order valence-electron chi connectivity index (χ3n) is 3.47. The van der Waals surface area contributed by atoms with Crippen molar-refractivity contribution in [3.05, 3.63) is 51.9 Å². The molecule has 0 spiro atoms. The van der Waals surface area contributed by atoms with E-state index in [1.807, 2.05) is 25.1 Å². The number of hydrogen-bond donors (Lipinski definition) is 0. The van der Waals surface area contributed by atoms with Crippen molar-refractivity contribution in [2.45, 2.75) is 13.0 Å². The highest BCUT2D eigenvalue weighted by Crippen LogP contribution is 2.30. The number of aromatic nitrogens is 2. The average Bonchev–Trinajstić information content (AvgIpc) is 2.50. The molecule has 1 aromatic heterocycles. The van der Waals surface area contributed by atoms with Crippen molar-refractivity contribution in [1.29, 1.82) is 0 Å². The number of hydrogen-bond acceptors (Lipinski definition) is 4. The molecule has 110 valence electrons. The Morgan fingerprint density at radius 3 is 2.86 bits per heavy atom. The van der Waals surface area contributed by atoms with Crippen LogP contribution in [0.1, 0.15) is 17.5 Å². The van der Waals surface area contributed by atoms with Gasteiger partial charge in [-0.2, -0.15) is 0 Å². The third-order valence-corrected chi connectivity index (χ3v) is 4.21. The van der Waals surface area contributed by atoms with Gasteiger partial charge >= 0.3 is 0 Å². The molecule has 1 aromatic carbocycles. The van der Waals surface area contributed by atoms with E-state index in [1.165, 1.54) is 0 Å². The lowest BCUT2D eigenvalue weighted by Crippen LogP contribution is -2.39. The molecule has 0 aliphatic carbocycles. The van der Waals surface area contributed by atoms with Gasteiger partial charge in [0.05, 0.1) is 16.7 Å². The molecule has 0 unspecified atom stereocenters. The monoisotopic (exact) mass is 323 g/mol. The fourth-order valence-electron chi connectivity index (χ4n) is 2.39. The molecule has 1 aliphatic heterocycles. The van der Waals surface area contributed by atoms with Gasteiger partial charge in [-0.05, 0) is 30.7 Å². The fourth-order valence-corrected chi connectivity index (χ4v) is 2.70. The van der Waals surface area contributed by atoms with Gasteiger partial charge in [0.25, 0.3) is 0 Å². The minimum atomic E-state index is -0.0382. The predicted molar refractivity (Wildman–Crippen MR) is 84.1 cm³/mol. The highest BCUT2D eigenvalue weighted by atomic mass is 35.5. The number of rotatable bonds is 2. The first-order valence-electron chi connectivity index (χ1n) is 6.74. The summed E-state index contributed by atoms with van der Waals surface area (Å²) in [5.41, 5.74) is 1.03. The molecule has 1 atom stereocenters. The van der Waals surface area contributed by atoms with Crippen LogP contribution in [0, 0.1) is 6.92 Å². The topological polar surface area (TPSA) is 38.2 Å². The Morgan fingerprint density at radius 1 is 1.24 bits per heavy atom. The summed E-state index contributed by atoms with van der Waals surface area (Å²) >= 11 is 12.0. The van der Waals surface area contributed by atoms with Crippen molar-refractivity contribution < 1.29 is 4.74 Å². The standard InChI is InChI=1S/C15H15Cl2N3O/c1-10-18-5-4-15(19-10)20-6-7-21-14(9-20)11-2-3-12(16)13(17)8-11/h2-5,8,14H,6-7,9H2,1H3/t14-/m0/s1. The van der Waals surface area contributed by atoms with Crippen molar-refractivity contribution in [2.24, 2.45) is 0 Å². The summed E-state index contributed by atoms with van der Waals surface area (Å²) in [5.74, 6) is 1.70. The first-order valence-corrected chi connectivity index (χ1v) is 7.50. The largest absolute Gasteiger partial charge is 0.370 e. The molecule has 0 saturated carbocycles. The molecule has 4 nitrogen and oxygen atoms in total. The summed E-state index contributed by atoms with van der Waals surface area (Å²) in [6.07, 6.45) is 1.74. The SMILES string of the molecule is Cc1nccc(N2CCO[C@H](c3ccc(Cl)c(Cl)c3)C2)n1. The van der Waals surface area contributed by atoms with E-state index in [-0.39, 0.29) is 6.10 Å². The van der Waals surface area contributed by atoms with Gasteiger partial charge in [-0.15, -0.1) is 0 Å². The normalized spacial score (nSPS) is 18.8. The molecule has 1 fully saturated rings. The van der Waals surface area contributed by atoms with Crippen LogP contribution in [0.25, 0.3) is 0 Å². The fraction of sp³-hybridized carbons (Fsp3) is 0.333. The van der Waals surface area contributed by atoms with Crippen LogP contribution in [0.3, 0.4) is 0 Å². The van der Waals surface area contributed by atoms with Crippen molar-refractivity contribution in [3.8, 4) is 0 Å².